The number of alkyl halides is 3. The third kappa shape index (κ3) is 3.33. The van der Waals surface area contributed by atoms with E-state index in [0.29, 0.717) is 5.82 Å². The van der Waals surface area contributed by atoms with Gasteiger partial charge in [-0.1, -0.05) is 0 Å². The van der Waals surface area contributed by atoms with Crippen LogP contribution in [0.2, 0.25) is 0 Å². The van der Waals surface area contributed by atoms with Crippen LogP contribution in [0.3, 0.4) is 0 Å². The maximum absolute atomic E-state index is 12.3. The molecule has 10 heteroatoms. The van der Waals surface area contributed by atoms with Gasteiger partial charge in [-0.15, -0.1) is 0 Å². The second-order valence-corrected chi connectivity index (χ2v) is 4.06. The molecule has 2 rings (SSSR count). The van der Waals surface area contributed by atoms with Crippen molar-refractivity contribution in [1.29, 1.82) is 0 Å². The Morgan fingerprint density at radius 2 is 2.30 bits per heavy atom. The van der Waals surface area contributed by atoms with Crippen LogP contribution in [0.5, 0.6) is 0 Å². The van der Waals surface area contributed by atoms with Crippen LogP contribution in [-0.2, 0) is 17.5 Å². The summed E-state index contributed by atoms with van der Waals surface area (Å²) in [4.78, 5) is 15.5. The van der Waals surface area contributed by atoms with Gasteiger partial charge >= 0.3 is 6.18 Å². The standard InChI is InChI=1S/C10H11F3N6O/c1-6(9-14-5-15-17-9)16-8(20)4-19-3-2-7(18-19)10(11,12)13/h2-3,5-6H,4H2,1H3,(H,16,20)(H,14,15,17). The van der Waals surface area contributed by atoms with Gasteiger partial charge in [0.05, 0.1) is 6.04 Å². The van der Waals surface area contributed by atoms with Crippen LogP contribution in [-0.4, -0.2) is 30.9 Å². The van der Waals surface area contributed by atoms with Crippen molar-refractivity contribution in [2.24, 2.45) is 0 Å². The number of carbonyl (C=O) groups is 1. The predicted molar refractivity (Wildman–Crippen MR) is 60.2 cm³/mol. The highest BCUT2D eigenvalue weighted by atomic mass is 19.4. The summed E-state index contributed by atoms with van der Waals surface area (Å²) >= 11 is 0. The van der Waals surface area contributed by atoms with Crippen molar-refractivity contribution in [3.8, 4) is 0 Å². The van der Waals surface area contributed by atoms with E-state index in [9.17, 15) is 18.0 Å². The molecule has 0 aliphatic carbocycles. The average Bonchev–Trinajstić information content (AvgIpc) is 2.97. The first-order valence-corrected chi connectivity index (χ1v) is 5.61. The molecule has 20 heavy (non-hydrogen) atoms. The highest BCUT2D eigenvalue weighted by Crippen LogP contribution is 2.27. The maximum Gasteiger partial charge on any atom is 0.435 e. The van der Waals surface area contributed by atoms with Crippen LogP contribution in [0.15, 0.2) is 18.6 Å². The summed E-state index contributed by atoms with van der Waals surface area (Å²) in [7, 11) is 0. The van der Waals surface area contributed by atoms with E-state index in [1.807, 2.05) is 0 Å². The second-order valence-electron chi connectivity index (χ2n) is 4.06. The van der Waals surface area contributed by atoms with Crippen LogP contribution in [0.4, 0.5) is 13.2 Å². The topological polar surface area (TPSA) is 88.5 Å². The smallest absolute Gasteiger partial charge is 0.345 e. The number of hydrogen-bond donors (Lipinski definition) is 2. The first-order chi connectivity index (χ1) is 9.36. The van der Waals surface area contributed by atoms with Crippen LogP contribution >= 0.6 is 0 Å². The Morgan fingerprint density at radius 3 is 2.85 bits per heavy atom. The number of H-pyrrole nitrogens is 1. The molecule has 2 N–H and O–H groups in total. The van der Waals surface area contributed by atoms with Gasteiger partial charge in [0.1, 0.15) is 18.7 Å². The third-order valence-electron chi connectivity index (χ3n) is 2.46. The Balaban J connectivity index is 1.93. The quantitative estimate of drug-likeness (QED) is 0.874. The van der Waals surface area contributed by atoms with Gasteiger partial charge in [0.2, 0.25) is 5.91 Å². The Morgan fingerprint density at radius 1 is 1.55 bits per heavy atom. The fourth-order valence-corrected chi connectivity index (χ4v) is 1.53. The number of rotatable bonds is 4. The molecule has 0 aliphatic rings. The summed E-state index contributed by atoms with van der Waals surface area (Å²) in [5.41, 5.74) is -1.03. The normalized spacial score (nSPS) is 13.2. The summed E-state index contributed by atoms with van der Waals surface area (Å²) in [6.45, 7) is 1.36. The predicted octanol–water partition coefficient (Wildman–Crippen LogP) is 0.897. The summed E-state index contributed by atoms with van der Waals surface area (Å²) in [6, 6.07) is 0.385. The van der Waals surface area contributed by atoms with Crippen molar-refractivity contribution in [2.45, 2.75) is 25.7 Å². The summed E-state index contributed by atoms with van der Waals surface area (Å²) in [5, 5.41) is 12.1. The molecule has 1 unspecified atom stereocenters. The lowest BCUT2D eigenvalue weighted by atomic mass is 10.3. The van der Waals surface area contributed by atoms with Gasteiger partial charge < -0.3 is 5.32 Å². The lowest BCUT2D eigenvalue weighted by Gasteiger charge is -2.10. The molecular formula is C10H11F3N6O. The molecule has 2 aromatic rings. The number of aromatic amines is 1. The van der Waals surface area contributed by atoms with Gasteiger partial charge in [-0.3, -0.25) is 14.6 Å². The van der Waals surface area contributed by atoms with Crippen molar-refractivity contribution < 1.29 is 18.0 Å². The molecular weight excluding hydrogens is 277 g/mol. The van der Waals surface area contributed by atoms with Crippen molar-refractivity contribution in [3.05, 3.63) is 30.1 Å². The molecule has 7 nitrogen and oxygen atoms in total. The van der Waals surface area contributed by atoms with Gasteiger partial charge in [0, 0.05) is 6.20 Å². The number of carbonyl (C=O) groups excluding carboxylic acids is 1. The van der Waals surface area contributed by atoms with Crippen molar-refractivity contribution >= 4 is 5.91 Å². The molecule has 0 radical (unpaired) electrons. The van der Waals surface area contributed by atoms with Crippen LogP contribution in [0.1, 0.15) is 24.5 Å². The molecule has 1 amide bonds. The number of nitrogens with zero attached hydrogens (tertiary/aromatic N) is 4. The summed E-state index contributed by atoms with van der Waals surface area (Å²) in [6.07, 6.45) is -2.13. The van der Waals surface area contributed by atoms with E-state index >= 15 is 0 Å². The van der Waals surface area contributed by atoms with Gasteiger partial charge in [-0.25, -0.2) is 4.98 Å². The second kappa shape index (κ2) is 5.31. The first-order valence-electron chi connectivity index (χ1n) is 5.61. The Labute approximate surface area is 111 Å². The largest absolute Gasteiger partial charge is 0.435 e. The van der Waals surface area contributed by atoms with Gasteiger partial charge in [-0.2, -0.15) is 23.4 Å². The Bertz CT molecular complexity index is 576. The van der Waals surface area contributed by atoms with Crippen molar-refractivity contribution in [3.63, 3.8) is 0 Å². The molecule has 0 saturated carbocycles. The van der Waals surface area contributed by atoms with Crippen LogP contribution in [0, 0.1) is 0 Å². The molecule has 0 spiro atoms. The van der Waals surface area contributed by atoms with E-state index in [-0.39, 0.29) is 6.54 Å². The Hall–Kier alpha value is -2.39. The zero-order valence-corrected chi connectivity index (χ0v) is 10.3. The number of hydrogen-bond acceptors (Lipinski definition) is 4. The van der Waals surface area contributed by atoms with Gasteiger partial charge in [0.25, 0.3) is 0 Å². The van der Waals surface area contributed by atoms with E-state index in [2.05, 4.69) is 25.6 Å². The molecule has 0 saturated heterocycles. The van der Waals surface area contributed by atoms with Gasteiger partial charge in [-0.05, 0) is 13.0 Å². The van der Waals surface area contributed by atoms with Crippen LogP contribution in [0.25, 0.3) is 0 Å². The number of aromatic nitrogens is 5. The molecule has 0 aliphatic heterocycles. The zero-order chi connectivity index (χ0) is 14.8. The number of halogens is 3. The van der Waals surface area contributed by atoms with Crippen molar-refractivity contribution in [2.75, 3.05) is 0 Å². The minimum Gasteiger partial charge on any atom is -0.345 e. The van der Waals surface area contributed by atoms with Crippen LogP contribution < -0.4 is 5.32 Å². The monoisotopic (exact) mass is 288 g/mol. The van der Waals surface area contributed by atoms with Crippen molar-refractivity contribution in [1.82, 2.24) is 30.3 Å². The third-order valence-corrected chi connectivity index (χ3v) is 2.46. The first kappa shape index (κ1) is 14.0. The summed E-state index contributed by atoms with van der Waals surface area (Å²) < 4.78 is 37.9. The Kier molecular flexibility index (Phi) is 3.72. The van der Waals surface area contributed by atoms with E-state index in [0.717, 1.165) is 16.9 Å². The van der Waals surface area contributed by atoms with E-state index < -0.39 is 23.8 Å². The zero-order valence-electron chi connectivity index (χ0n) is 10.3. The fraction of sp³-hybridized carbons (Fsp3) is 0.400. The average molecular weight is 288 g/mol. The summed E-state index contributed by atoms with van der Waals surface area (Å²) in [5.74, 6) is -0.0273. The number of amides is 1. The SMILES string of the molecule is CC(NC(=O)Cn1ccc(C(F)(F)F)n1)c1ncn[nH]1. The van der Waals surface area contributed by atoms with Gasteiger partial charge in [0.15, 0.2) is 5.69 Å². The fourth-order valence-electron chi connectivity index (χ4n) is 1.53. The van der Waals surface area contributed by atoms with E-state index in [4.69, 9.17) is 0 Å². The lowest BCUT2D eigenvalue weighted by Crippen LogP contribution is -2.31. The minimum atomic E-state index is -4.52. The molecule has 0 aromatic carbocycles. The van der Waals surface area contributed by atoms with E-state index in [1.54, 1.807) is 6.92 Å². The molecule has 0 bridgehead atoms. The molecule has 108 valence electrons. The highest BCUT2D eigenvalue weighted by Gasteiger charge is 2.33. The lowest BCUT2D eigenvalue weighted by molar-refractivity contribution is -0.141. The molecule has 0 fully saturated rings. The van der Waals surface area contributed by atoms with E-state index in [1.165, 1.54) is 6.33 Å². The highest BCUT2D eigenvalue weighted by molar-refractivity contribution is 5.75. The molecule has 1 atom stereocenters. The molecule has 2 heterocycles. The maximum atomic E-state index is 12.3. The minimum absolute atomic E-state index is 0.311. The molecule has 2 aromatic heterocycles. The number of nitrogens with one attached hydrogen (secondary N) is 2.